The second kappa shape index (κ2) is 7.02. The van der Waals surface area contributed by atoms with Crippen LogP contribution in [-0.2, 0) is 11.3 Å². The van der Waals surface area contributed by atoms with Gasteiger partial charge >= 0.3 is 5.97 Å². The maximum atomic E-state index is 11.6. The van der Waals surface area contributed by atoms with Gasteiger partial charge in [-0.3, -0.25) is 9.97 Å². The highest BCUT2D eigenvalue weighted by molar-refractivity contribution is 5.89. The van der Waals surface area contributed by atoms with Gasteiger partial charge in [0.05, 0.1) is 41.5 Å². The number of hydrogen-bond acceptors (Lipinski definition) is 5. The molecule has 2 rings (SSSR count). The summed E-state index contributed by atoms with van der Waals surface area (Å²) in [6.07, 6.45) is 0. The molecule has 5 nitrogen and oxygen atoms in total. The van der Waals surface area contributed by atoms with Crippen LogP contribution >= 0.6 is 0 Å². The summed E-state index contributed by atoms with van der Waals surface area (Å²) >= 11 is 0. The van der Waals surface area contributed by atoms with Crippen LogP contribution in [0.2, 0.25) is 0 Å². The molecule has 0 aliphatic heterocycles. The smallest absolute Gasteiger partial charge is 0.338 e. The fourth-order valence-electron chi connectivity index (χ4n) is 2.05. The SMILES string of the molecule is CCOC(=O)c1ccc(NCc2nc(C)c(C)nc2C)cc1. The average Bonchev–Trinajstić information content (AvgIpc) is 2.50. The molecule has 1 heterocycles. The van der Waals surface area contributed by atoms with E-state index >= 15 is 0 Å². The first-order chi connectivity index (χ1) is 10.5. The highest BCUT2D eigenvalue weighted by Gasteiger charge is 2.07. The second-order valence-electron chi connectivity index (χ2n) is 5.08. The quantitative estimate of drug-likeness (QED) is 0.859. The molecule has 1 aromatic heterocycles. The van der Waals surface area contributed by atoms with Crippen molar-refractivity contribution in [2.75, 3.05) is 11.9 Å². The summed E-state index contributed by atoms with van der Waals surface area (Å²) in [6, 6.07) is 7.21. The van der Waals surface area contributed by atoms with Crippen molar-refractivity contribution in [1.82, 2.24) is 9.97 Å². The lowest BCUT2D eigenvalue weighted by Crippen LogP contribution is -2.08. The Bertz CT molecular complexity index is 666. The summed E-state index contributed by atoms with van der Waals surface area (Å²) in [5.41, 5.74) is 5.23. The van der Waals surface area contributed by atoms with Crippen molar-refractivity contribution in [2.45, 2.75) is 34.2 Å². The first kappa shape index (κ1) is 15.9. The van der Waals surface area contributed by atoms with E-state index in [1.54, 1.807) is 19.1 Å². The Kier molecular flexibility index (Phi) is 5.09. The van der Waals surface area contributed by atoms with Gasteiger partial charge in [-0.25, -0.2) is 4.79 Å². The van der Waals surface area contributed by atoms with E-state index in [1.165, 1.54) is 0 Å². The van der Waals surface area contributed by atoms with Crippen LogP contribution in [-0.4, -0.2) is 22.5 Å². The van der Waals surface area contributed by atoms with E-state index in [4.69, 9.17) is 4.74 Å². The molecule has 0 aliphatic rings. The molecule has 1 N–H and O–H groups in total. The summed E-state index contributed by atoms with van der Waals surface area (Å²) in [4.78, 5) is 20.6. The van der Waals surface area contributed by atoms with Crippen molar-refractivity contribution in [3.8, 4) is 0 Å². The molecular weight excluding hydrogens is 278 g/mol. The van der Waals surface area contributed by atoms with E-state index in [2.05, 4.69) is 15.3 Å². The van der Waals surface area contributed by atoms with Gasteiger partial charge < -0.3 is 10.1 Å². The minimum absolute atomic E-state index is 0.301. The number of rotatable bonds is 5. The Labute approximate surface area is 130 Å². The molecule has 0 bridgehead atoms. The van der Waals surface area contributed by atoms with Gasteiger partial charge in [0.25, 0.3) is 0 Å². The number of esters is 1. The topological polar surface area (TPSA) is 64.1 Å². The Balaban J connectivity index is 2.03. The molecule has 0 saturated carbocycles. The van der Waals surface area contributed by atoms with E-state index in [0.29, 0.717) is 18.7 Å². The van der Waals surface area contributed by atoms with Crippen molar-refractivity contribution in [3.05, 3.63) is 52.6 Å². The highest BCUT2D eigenvalue weighted by atomic mass is 16.5. The Morgan fingerprint density at radius 1 is 1.05 bits per heavy atom. The van der Waals surface area contributed by atoms with E-state index < -0.39 is 0 Å². The molecule has 0 fully saturated rings. The van der Waals surface area contributed by atoms with Crippen LogP contribution in [0.15, 0.2) is 24.3 Å². The molecule has 0 unspecified atom stereocenters. The van der Waals surface area contributed by atoms with Gasteiger partial charge in [0, 0.05) is 5.69 Å². The van der Waals surface area contributed by atoms with E-state index in [9.17, 15) is 4.79 Å². The Hall–Kier alpha value is -2.43. The molecule has 1 aromatic carbocycles. The van der Waals surface area contributed by atoms with Crippen LogP contribution in [0.4, 0.5) is 5.69 Å². The average molecular weight is 299 g/mol. The highest BCUT2D eigenvalue weighted by Crippen LogP contribution is 2.13. The lowest BCUT2D eigenvalue weighted by Gasteiger charge is -2.10. The van der Waals surface area contributed by atoms with Crippen molar-refractivity contribution >= 4 is 11.7 Å². The number of nitrogens with one attached hydrogen (secondary N) is 1. The van der Waals surface area contributed by atoms with Crippen LogP contribution in [0.3, 0.4) is 0 Å². The minimum Gasteiger partial charge on any atom is -0.462 e. The first-order valence-corrected chi connectivity index (χ1v) is 7.33. The Morgan fingerprint density at radius 2 is 1.68 bits per heavy atom. The third kappa shape index (κ3) is 3.81. The fourth-order valence-corrected chi connectivity index (χ4v) is 2.05. The molecular formula is C17H21N3O2. The Morgan fingerprint density at radius 3 is 2.32 bits per heavy atom. The van der Waals surface area contributed by atoms with Gasteiger partial charge in [-0.15, -0.1) is 0 Å². The predicted octanol–water partition coefficient (Wildman–Crippen LogP) is 3.19. The zero-order valence-corrected chi connectivity index (χ0v) is 13.4. The van der Waals surface area contributed by atoms with E-state index in [-0.39, 0.29) is 5.97 Å². The van der Waals surface area contributed by atoms with Crippen LogP contribution in [0, 0.1) is 20.8 Å². The monoisotopic (exact) mass is 299 g/mol. The fraction of sp³-hybridized carbons (Fsp3) is 0.353. The molecule has 0 spiro atoms. The molecule has 0 atom stereocenters. The maximum Gasteiger partial charge on any atom is 0.338 e. The van der Waals surface area contributed by atoms with Gasteiger partial charge in [0.1, 0.15) is 0 Å². The van der Waals surface area contributed by atoms with Crippen molar-refractivity contribution in [2.24, 2.45) is 0 Å². The number of nitrogens with zero attached hydrogens (tertiary/aromatic N) is 2. The maximum absolute atomic E-state index is 11.6. The molecule has 0 aliphatic carbocycles. The third-order valence-corrected chi connectivity index (χ3v) is 3.44. The number of ether oxygens (including phenoxy) is 1. The summed E-state index contributed by atoms with van der Waals surface area (Å²) in [7, 11) is 0. The zero-order valence-electron chi connectivity index (χ0n) is 13.4. The lowest BCUT2D eigenvalue weighted by atomic mass is 10.2. The predicted molar refractivity (Wildman–Crippen MR) is 86.0 cm³/mol. The van der Waals surface area contributed by atoms with Gasteiger partial charge in [0.2, 0.25) is 0 Å². The lowest BCUT2D eigenvalue weighted by molar-refractivity contribution is 0.0526. The van der Waals surface area contributed by atoms with E-state index in [1.807, 2.05) is 32.9 Å². The summed E-state index contributed by atoms with van der Waals surface area (Å²) in [6.45, 7) is 8.64. The molecule has 5 heteroatoms. The van der Waals surface area contributed by atoms with E-state index in [0.717, 1.165) is 28.5 Å². The van der Waals surface area contributed by atoms with Gasteiger partial charge in [-0.1, -0.05) is 0 Å². The molecule has 0 radical (unpaired) electrons. The van der Waals surface area contributed by atoms with Gasteiger partial charge in [-0.2, -0.15) is 0 Å². The molecule has 116 valence electrons. The molecule has 22 heavy (non-hydrogen) atoms. The van der Waals surface area contributed by atoms with Gasteiger partial charge in [0.15, 0.2) is 0 Å². The number of carbonyl (C=O) groups excluding carboxylic acids is 1. The van der Waals surface area contributed by atoms with Crippen molar-refractivity contribution < 1.29 is 9.53 Å². The minimum atomic E-state index is -0.301. The number of benzene rings is 1. The third-order valence-electron chi connectivity index (χ3n) is 3.44. The number of aryl methyl sites for hydroxylation is 3. The first-order valence-electron chi connectivity index (χ1n) is 7.33. The van der Waals surface area contributed by atoms with Crippen molar-refractivity contribution in [1.29, 1.82) is 0 Å². The standard InChI is InChI=1S/C17H21N3O2/c1-5-22-17(21)14-6-8-15(9-7-14)18-10-16-13(4)19-11(2)12(3)20-16/h6-9,18H,5,10H2,1-4H3. The summed E-state index contributed by atoms with van der Waals surface area (Å²) < 4.78 is 4.96. The van der Waals surface area contributed by atoms with Crippen LogP contribution in [0.25, 0.3) is 0 Å². The van der Waals surface area contributed by atoms with Gasteiger partial charge in [-0.05, 0) is 52.0 Å². The van der Waals surface area contributed by atoms with Crippen LogP contribution in [0.1, 0.15) is 40.1 Å². The summed E-state index contributed by atoms with van der Waals surface area (Å²) in [5, 5.41) is 3.29. The number of aromatic nitrogens is 2. The molecule has 0 saturated heterocycles. The molecule has 0 amide bonds. The number of anilines is 1. The van der Waals surface area contributed by atoms with Crippen LogP contribution in [0.5, 0.6) is 0 Å². The normalized spacial score (nSPS) is 10.4. The second-order valence-corrected chi connectivity index (χ2v) is 5.08. The summed E-state index contributed by atoms with van der Waals surface area (Å²) in [5.74, 6) is -0.301. The number of hydrogen-bond donors (Lipinski definition) is 1. The zero-order chi connectivity index (χ0) is 16.1. The van der Waals surface area contributed by atoms with Crippen molar-refractivity contribution in [3.63, 3.8) is 0 Å². The molecule has 2 aromatic rings. The number of carbonyl (C=O) groups is 1. The largest absolute Gasteiger partial charge is 0.462 e. The van der Waals surface area contributed by atoms with Crippen LogP contribution < -0.4 is 5.32 Å².